The Morgan fingerprint density at radius 1 is 1.20 bits per heavy atom. The molecule has 0 spiro atoms. The number of nitrogens with zero attached hydrogens (tertiary/aromatic N) is 2. The van der Waals surface area contributed by atoms with Crippen molar-refractivity contribution >= 4 is 50.3 Å². The van der Waals surface area contributed by atoms with E-state index in [1.165, 1.54) is 0 Å². The molecule has 0 saturated heterocycles. The van der Waals surface area contributed by atoms with Crippen molar-refractivity contribution in [2.24, 2.45) is 7.05 Å². The van der Waals surface area contributed by atoms with Crippen molar-refractivity contribution in [1.82, 2.24) is 13.8 Å². The van der Waals surface area contributed by atoms with Crippen molar-refractivity contribution in [2.75, 3.05) is 6.54 Å². The SMILES string of the molecule is Cc1cc2sn(C)c3ccccc3n(C(=O)CNC(C)C)c2cc1Cl. The van der Waals surface area contributed by atoms with Gasteiger partial charge in [-0.1, -0.05) is 49.1 Å². The first-order valence-electron chi connectivity index (χ1n) is 8.25. The van der Waals surface area contributed by atoms with Crippen molar-refractivity contribution in [1.29, 1.82) is 0 Å². The molecule has 0 saturated carbocycles. The number of nitrogens with one attached hydrogen (secondary N) is 1. The smallest absolute Gasteiger partial charge is 0.245 e. The van der Waals surface area contributed by atoms with E-state index in [0.717, 1.165) is 26.8 Å². The van der Waals surface area contributed by atoms with Crippen molar-refractivity contribution < 1.29 is 4.79 Å². The molecule has 3 aromatic rings. The largest absolute Gasteiger partial charge is 0.306 e. The van der Waals surface area contributed by atoms with E-state index in [1.807, 2.05) is 64.2 Å². The summed E-state index contributed by atoms with van der Waals surface area (Å²) in [5.41, 5.74) is 3.69. The summed E-state index contributed by atoms with van der Waals surface area (Å²) in [4.78, 5) is 13.1. The molecular weight excluding hydrogens is 354 g/mol. The first-order valence-corrected chi connectivity index (χ1v) is 9.41. The second-order valence-electron chi connectivity index (χ2n) is 6.41. The zero-order valence-corrected chi connectivity index (χ0v) is 16.4. The molecule has 4 nitrogen and oxygen atoms in total. The molecule has 0 unspecified atom stereocenters. The van der Waals surface area contributed by atoms with Gasteiger partial charge in [0.2, 0.25) is 5.91 Å². The number of aryl methyl sites for hydroxylation is 2. The monoisotopic (exact) mass is 375 g/mol. The minimum Gasteiger partial charge on any atom is -0.306 e. The van der Waals surface area contributed by atoms with Gasteiger partial charge in [-0.05, 0) is 36.8 Å². The first-order chi connectivity index (χ1) is 11.9. The van der Waals surface area contributed by atoms with Crippen molar-refractivity contribution in [2.45, 2.75) is 26.8 Å². The number of rotatable bonds is 3. The lowest BCUT2D eigenvalue weighted by molar-refractivity contribution is 0.0919. The van der Waals surface area contributed by atoms with Crippen molar-refractivity contribution in [3.05, 3.63) is 47.0 Å². The summed E-state index contributed by atoms with van der Waals surface area (Å²) in [5, 5.41) is 3.88. The Morgan fingerprint density at radius 2 is 1.88 bits per heavy atom. The van der Waals surface area contributed by atoms with Gasteiger partial charge in [0, 0.05) is 18.1 Å². The van der Waals surface area contributed by atoms with Crippen LogP contribution < -0.4 is 5.32 Å². The third-order valence-corrected chi connectivity index (χ3v) is 5.49. The molecule has 0 aliphatic heterocycles. The van der Waals surface area contributed by atoms with Gasteiger partial charge < -0.3 is 5.32 Å². The van der Waals surface area contributed by atoms with Crippen LogP contribution in [0.25, 0.3) is 21.3 Å². The molecule has 0 bridgehead atoms. The van der Waals surface area contributed by atoms with E-state index in [2.05, 4.69) is 9.27 Å². The Bertz CT molecular complexity index is 995. The zero-order chi connectivity index (χ0) is 18.1. The minimum atomic E-state index is -0.00165. The van der Waals surface area contributed by atoms with Crippen LogP contribution in [0.4, 0.5) is 0 Å². The number of para-hydroxylation sites is 2. The van der Waals surface area contributed by atoms with E-state index in [0.29, 0.717) is 5.02 Å². The fourth-order valence-corrected chi connectivity index (χ4v) is 3.96. The molecule has 1 aromatic heterocycles. The normalized spacial score (nSPS) is 11.4. The Balaban J connectivity index is 2.42. The van der Waals surface area contributed by atoms with E-state index in [1.54, 1.807) is 16.1 Å². The Labute approximate surface area is 156 Å². The number of carbonyl (C=O) groups is 1. The lowest BCUT2D eigenvalue weighted by atomic mass is 10.2. The summed E-state index contributed by atoms with van der Waals surface area (Å²) in [6.45, 7) is 6.31. The van der Waals surface area contributed by atoms with E-state index < -0.39 is 0 Å². The Morgan fingerprint density at radius 3 is 2.56 bits per heavy atom. The van der Waals surface area contributed by atoms with Crippen LogP contribution in [0.3, 0.4) is 0 Å². The first kappa shape index (κ1) is 18.0. The topological polar surface area (TPSA) is 39.0 Å². The highest BCUT2D eigenvalue weighted by Crippen LogP contribution is 2.28. The third-order valence-electron chi connectivity index (χ3n) is 4.09. The second-order valence-corrected chi connectivity index (χ2v) is 7.99. The molecule has 1 N–H and O–H groups in total. The molecule has 6 heteroatoms. The highest BCUT2D eigenvalue weighted by molar-refractivity contribution is 7.13. The average Bonchev–Trinajstić information content (AvgIpc) is 2.68. The van der Waals surface area contributed by atoms with Crippen LogP contribution in [0.1, 0.15) is 24.2 Å². The molecular formula is C19H22ClN3OS. The van der Waals surface area contributed by atoms with Crippen LogP contribution in [0.15, 0.2) is 36.4 Å². The average molecular weight is 376 g/mol. The van der Waals surface area contributed by atoms with Gasteiger partial charge in [0.1, 0.15) is 0 Å². The molecule has 25 heavy (non-hydrogen) atoms. The summed E-state index contributed by atoms with van der Waals surface area (Å²) in [6, 6.07) is 12.1. The summed E-state index contributed by atoms with van der Waals surface area (Å²) < 4.78 is 4.88. The Kier molecular flexibility index (Phi) is 5.18. The van der Waals surface area contributed by atoms with Crippen molar-refractivity contribution in [3.8, 4) is 0 Å². The van der Waals surface area contributed by atoms with Gasteiger partial charge in [-0.25, -0.2) is 0 Å². The lowest BCUT2D eigenvalue weighted by Crippen LogP contribution is -2.32. The van der Waals surface area contributed by atoms with E-state index in [4.69, 9.17) is 11.6 Å². The molecule has 0 fully saturated rings. The number of hydrogen-bond donors (Lipinski definition) is 1. The zero-order valence-electron chi connectivity index (χ0n) is 14.8. The molecule has 132 valence electrons. The maximum absolute atomic E-state index is 13.1. The molecule has 0 aliphatic carbocycles. The number of hydrogen-bond acceptors (Lipinski definition) is 3. The number of fused-ring (bicyclic) bond motifs is 2. The van der Waals surface area contributed by atoms with E-state index in [9.17, 15) is 4.79 Å². The quantitative estimate of drug-likeness (QED) is 0.705. The predicted molar refractivity (Wildman–Crippen MR) is 107 cm³/mol. The number of carbonyl (C=O) groups excluding carboxylic acids is 1. The van der Waals surface area contributed by atoms with Crippen LogP contribution in [0.5, 0.6) is 0 Å². The fourth-order valence-electron chi connectivity index (χ4n) is 2.78. The molecule has 0 radical (unpaired) electrons. The second kappa shape index (κ2) is 7.20. The summed E-state index contributed by atoms with van der Waals surface area (Å²) in [5.74, 6) is -0.00165. The maximum Gasteiger partial charge on any atom is 0.245 e. The fraction of sp³-hybridized carbons (Fsp3) is 0.316. The van der Waals surface area contributed by atoms with Gasteiger partial charge in [-0.3, -0.25) is 13.3 Å². The molecule has 0 amide bonds. The van der Waals surface area contributed by atoms with Gasteiger partial charge in [0.05, 0.1) is 27.8 Å². The van der Waals surface area contributed by atoms with E-state index >= 15 is 0 Å². The Hall–Kier alpha value is -1.82. The maximum atomic E-state index is 13.1. The summed E-state index contributed by atoms with van der Waals surface area (Å²) in [6.07, 6.45) is 0. The van der Waals surface area contributed by atoms with Gasteiger partial charge in [0.25, 0.3) is 0 Å². The van der Waals surface area contributed by atoms with Gasteiger partial charge in [-0.2, -0.15) is 0 Å². The highest BCUT2D eigenvalue weighted by atomic mass is 35.5. The minimum absolute atomic E-state index is 0.00165. The van der Waals surface area contributed by atoms with Crippen molar-refractivity contribution in [3.63, 3.8) is 0 Å². The van der Waals surface area contributed by atoms with Gasteiger partial charge in [0.15, 0.2) is 0 Å². The molecule has 0 atom stereocenters. The number of halogens is 1. The molecule has 1 heterocycles. The summed E-state index contributed by atoms with van der Waals surface area (Å²) >= 11 is 7.99. The molecule has 3 rings (SSSR count). The number of aromatic nitrogens is 2. The number of benzene rings is 2. The van der Waals surface area contributed by atoms with Crippen LogP contribution >= 0.6 is 23.1 Å². The van der Waals surface area contributed by atoms with Crippen LogP contribution in [-0.2, 0) is 7.05 Å². The molecule has 2 aromatic carbocycles. The highest BCUT2D eigenvalue weighted by Gasteiger charge is 2.14. The van der Waals surface area contributed by atoms with Gasteiger partial charge in [-0.15, -0.1) is 0 Å². The summed E-state index contributed by atoms with van der Waals surface area (Å²) in [7, 11) is 2.01. The predicted octanol–water partition coefficient (Wildman–Crippen LogP) is 4.92. The van der Waals surface area contributed by atoms with Crippen LogP contribution in [0.2, 0.25) is 5.02 Å². The lowest BCUT2D eigenvalue weighted by Gasteiger charge is -2.12. The van der Waals surface area contributed by atoms with E-state index in [-0.39, 0.29) is 18.5 Å². The third kappa shape index (κ3) is 3.59. The standard InChI is InChI=1S/C19H22ClN3OS/c1-12(2)21-11-19(24)23-16-8-6-5-7-15(16)22(4)25-18-9-13(3)14(20)10-17(18)23/h5-10,12,21H,11H2,1-4H3. The van der Waals surface area contributed by atoms with Gasteiger partial charge >= 0.3 is 0 Å². The van der Waals surface area contributed by atoms with Crippen LogP contribution in [0, 0.1) is 6.92 Å². The van der Waals surface area contributed by atoms with Crippen LogP contribution in [-0.4, -0.2) is 27.0 Å². The molecule has 0 aliphatic rings.